The predicted octanol–water partition coefficient (Wildman–Crippen LogP) is 3.32. The Bertz CT molecular complexity index is 308. The van der Waals surface area contributed by atoms with E-state index in [2.05, 4.69) is 24.4 Å². The van der Waals surface area contributed by atoms with Crippen molar-refractivity contribution >= 4 is 5.78 Å². The highest BCUT2D eigenvalue weighted by molar-refractivity contribution is 5.80. The van der Waals surface area contributed by atoms with Gasteiger partial charge in [-0.15, -0.1) is 0 Å². The van der Waals surface area contributed by atoms with Crippen LogP contribution in [0.5, 0.6) is 0 Å². The van der Waals surface area contributed by atoms with E-state index in [-0.39, 0.29) is 0 Å². The molecule has 1 aromatic carbocycles. The highest BCUT2D eigenvalue weighted by atomic mass is 16.1. The number of rotatable bonds is 9. The van der Waals surface area contributed by atoms with Crippen molar-refractivity contribution < 1.29 is 4.79 Å². The normalized spacial score (nSPS) is 10.4. The van der Waals surface area contributed by atoms with Gasteiger partial charge in [0.15, 0.2) is 0 Å². The minimum atomic E-state index is 0.331. The maximum absolute atomic E-state index is 11.5. The summed E-state index contributed by atoms with van der Waals surface area (Å²) >= 11 is 0. The Hall–Kier alpha value is -1.15. The van der Waals surface area contributed by atoms with Crippen LogP contribution in [0.25, 0.3) is 0 Å². The monoisotopic (exact) mass is 233 g/mol. The number of carbonyl (C=O) groups excluding carboxylic acids is 1. The Morgan fingerprint density at radius 2 is 1.88 bits per heavy atom. The van der Waals surface area contributed by atoms with Crippen molar-refractivity contribution in [2.45, 2.75) is 45.6 Å². The summed E-state index contributed by atoms with van der Waals surface area (Å²) in [7, 11) is 0. The average molecular weight is 233 g/mol. The largest absolute Gasteiger partial charge is 0.306 e. The molecule has 0 aliphatic rings. The topological polar surface area (TPSA) is 29.1 Å². The quantitative estimate of drug-likeness (QED) is 0.663. The first-order valence-corrected chi connectivity index (χ1v) is 6.59. The second-order valence-corrected chi connectivity index (χ2v) is 4.44. The molecule has 2 nitrogen and oxygen atoms in total. The number of Topliss-reactive ketones (excluding diaryl/α,β-unsaturated/α-hetero) is 1. The molecule has 1 N–H and O–H groups in total. The minimum Gasteiger partial charge on any atom is -0.306 e. The summed E-state index contributed by atoms with van der Waals surface area (Å²) in [5.74, 6) is 0.331. The first kappa shape index (κ1) is 13.9. The molecule has 0 aliphatic carbocycles. The number of unbranched alkanes of at least 4 members (excludes halogenated alkanes) is 3. The first-order valence-electron chi connectivity index (χ1n) is 6.59. The molecule has 0 unspecified atom stereocenters. The lowest BCUT2D eigenvalue weighted by Crippen LogP contribution is -2.22. The van der Waals surface area contributed by atoms with Crippen LogP contribution in [0, 0.1) is 0 Å². The third-order valence-corrected chi connectivity index (χ3v) is 2.80. The van der Waals surface area contributed by atoms with Gasteiger partial charge in [0.1, 0.15) is 5.78 Å². The van der Waals surface area contributed by atoms with Crippen LogP contribution < -0.4 is 5.32 Å². The fourth-order valence-corrected chi connectivity index (χ4v) is 1.78. The van der Waals surface area contributed by atoms with E-state index in [1.165, 1.54) is 24.8 Å². The predicted molar refractivity (Wildman–Crippen MR) is 71.9 cm³/mol. The van der Waals surface area contributed by atoms with Gasteiger partial charge in [0, 0.05) is 13.0 Å². The summed E-state index contributed by atoms with van der Waals surface area (Å²) in [6.07, 6.45) is 5.41. The maximum Gasteiger partial charge on any atom is 0.146 e. The SMILES string of the molecule is CCCCCCC(=O)CNCc1ccccc1. The summed E-state index contributed by atoms with van der Waals surface area (Å²) in [4.78, 5) is 11.5. The number of carbonyl (C=O) groups is 1. The van der Waals surface area contributed by atoms with E-state index in [0.29, 0.717) is 12.3 Å². The van der Waals surface area contributed by atoms with Crippen LogP contribution in [-0.4, -0.2) is 12.3 Å². The fraction of sp³-hybridized carbons (Fsp3) is 0.533. The third kappa shape index (κ3) is 6.90. The Balaban J connectivity index is 2.04. The highest BCUT2D eigenvalue weighted by Crippen LogP contribution is 2.02. The molecule has 0 atom stereocenters. The Morgan fingerprint density at radius 1 is 1.12 bits per heavy atom. The van der Waals surface area contributed by atoms with Crippen LogP contribution in [0.3, 0.4) is 0 Å². The highest BCUT2D eigenvalue weighted by Gasteiger charge is 2.00. The maximum atomic E-state index is 11.5. The lowest BCUT2D eigenvalue weighted by atomic mass is 10.1. The van der Waals surface area contributed by atoms with Crippen LogP contribution in [0.15, 0.2) is 30.3 Å². The van der Waals surface area contributed by atoms with E-state index in [1.807, 2.05) is 18.2 Å². The zero-order valence-corrected chi connectivity index (χ0v) is 10.7. The van der Waals surface area contributed by atoms with Gasteiger partial charge in [-0.05, 0) is 12.0 Å². The van der Waals surface area contributed by atoms with Crippen molar-refractivity contribution in [2.24, 2.45) is 0 Å². The Labute approximate surface area is 104 Å². The van der Waals surface area contributed by atoms with Gasteiger partial charge in [-0.3, -0.25) is 4.79 Å². The smallest absolute Gasteiger partial charge is 0.146 e. The zero-order chi connectivity index (χ0) is 12.3. The molecule has 0 saturated heterocycles. The third-order valence-electron chi connectivity index (χ3n) is 2.80. The van der Waals surface area contributed by atoms with Gasteiger partial charge in [0.2, 0.25) is 0 Å². The molecule has 0 amide bonds. The molecule has 0 bridgehead atoms. The first-order chi connectivity index (χ1) is 8.33. The Kier molecular flexibility index (Phi) is 7.32. The molecule has 0 aliphatic heterocycles. The molecule has 1 rings (SSSR count). The van der Waals surface area contributed by atoms with E-state index in [9.17, 15) is 4.79 Å². The van der Waals surface area contributed by atoms with Crippen LogP contribution in [0.1, 0.15) is 44.6 Å². The van der Waals surface area contributed by atoms with Gasteiger partial charge in [-0.1, -0.05) is 56.5 Å². The number of hydrogen-bond acceptors (Lipinski definition) is 2. The van der Waals surface area contributed by atoms with E-state index in [1.54, 1.807) is 0 Å². The van der Waals surface area contributed by atoms with Crippen LogP contribution >= 0.6 is 0 Å². The summed E-state index contributed by atoms with van der Waals surface area (Å²) in [5.41, 5.74) is 1.23. The van der Waals surface area contributed by atoms with E-state index < -0.39 is 0 Å². The van der Waals surface area contributed by atoms with Gasteiger partial charge < -0.3 is 5.32 Å². The van der Waals surface area contributed by atoms with Gasteiger partial charge >= 0.3 is 0 Å². The summed E-state index contributed by atoms with van der Waals surface area (Å²) < 4.78 is 0. The fourth-order valence-electron chi connectivity index (χ4n) is 1.78. The van der Waals surface area contributed by atoms with Crippen LogP contribution in [0.4, 0.5) is 0 Å². The molecular formula is C15H23NO. The molecule has 0 heterocycles. The van der Waals surface area contributed by atoms with E-state index in [0.717, 1.165) is 19.4 Å². The Morgan fingerprint density at radius 3 is 2.59 bits per heavy atom. The van der Waals surface area contributed by atoms with Crippen molar-refractivity contribution in [3.63, 3.8) is 0 Å². The summed E-state index contributed by atoms with van der Waals surface area (Å²) in [6, 6.07) is 10.2. The van der Waals surface area contributed by atoms with Crippen molar-refractivity contribution in [3.05, 3.63) is 35.9 Å². The number of hydrogen-bond donors (Lipinski definition) is 1. The summed E-state index contributed by atoms with van der Waals surface area (Å²) in [6.45, 7) is 3.46. The molecule has 1 aromatic rings. The van der Waals surface area contributed by atoms with Crippen LogP contribution in [0.2, 0.25) is 0 Å². The standard InChI is InChI=1S/C15H23NO/c1-2-3-4-8-11-15(17)13-16-12-14-9-6-5-7-10-14/h5-7,9-10,16H,2-4,8,11-13H2,1H3. The average Bonchev–Trinajstić information content (AvgIpc) is 2.36. The van der Waals surface area contributed by atoms with Gasteiger partial charge in [0.05, 0.1) is 6.54 Å². The van der Waals surface area contributed by atoms with Gasteiger partial charge in [0.25, 0.3) is 0 Å². The second-order valence-electron chi connectivity index (χ2n) is 4.44. The number of nitrogens with one attached hydrogen (secondary N) is 1. The molecule has 94 valence electrons. The van der Waals surface area contributed by atoms with Crippen molar-refractivity contribution in [1.82, 2.24) is 5.32 Å². The number of ketones is 1. The molecule has 0 fully saturated rings. The zero-order valence-electron chi connectivity index (χ0n) is 10.7. The van der Waals surface area contributed by atoms with Crippen molar-refractivity contribution in [1.29, 1.82) is 0 Å². The van der Waals surface area contributed by atoms with Gasteiger partial charge in [-0.2, -0.15) is 0 Å². The lowest BCUT2D eigenvalue weighted by molar-refractivity contribution is -0.118. The van der Waals surface area contributed by atoms with Crippen LogP contribution in [-0.2, 0) is 11.3 Å². The van der Waals surface area contributed by atoms with Gasteiger partial charge in [-0.25, -0.2) is 0 Å². The van der Waals surface area contributed by atoms with Crippen molar-refractivity contribution in [2.75, 3.05) is 6.54 Å². The molecule has 0 spiro atoms. The molecule has 0 radical (unpaired) electrons. The lowest BCUT2D eigenvalue weighted by Gasteiger charge is -2.04. The second kappa shape index (κ2) is 8.94. The summed E-state index contributed by atoms with van der Waals surface area (Å²) in [5, 5.41) is 3.19. The van der Waals surface area contributed by atoms with Crippen molar-refractivity contribution in [3.8, 4) is 0 Å². The molecule has 2 heteroatoms. The minimum absolute atomic E-state index is 0.331. The number of benzene rings is 1. The van der Waals surface area contributed by atoms with E-state index >= 15 is 0 Å². The van der Waals surface area contributed by atoms with E-state index in [4.69, 9.17) is 0 Å². The molecule has 0 saturated carbocycles. The molecule has 0 aromatic heterocycles. The molecule has 17 heavy (non-hydrogen) atoms. The molecular weight excluding hydrogens is 210 g/mol.